The molecule has 0 saturated heterocycles. The Morgan fingerprint density at radius 1 is 1.36 bits per heavy atom. The lowest BCUT2D eigenvalue weighted by atomic mass is 10.1. The summed E-state index contributed by atoms with van der Waals surface area (Å²) in [6, 6.07) is 4.73. The van der Waals surface area contributed by atoms with Crippen LogP contribution in [0.3, 0.4) is 0 Å². The maximum absolute atomic E-state index is 10.7. The van der Waals surface area contributed by atoms with Crippen LogP contribution in [0.15, 0.2) is 31.8 Å². The van der Waals surface area contributed by atoms with Crippen molar-refractivity contribution < 1.29 is 13.9 Å². The van der Waals surface area contributed by atoms with Gasteiger partial charge in [0.25, 0.3) is 0 Å². The number of halogens is 1. The lowest BCUT2D eigenvalue weighted by molar-refractivity contribution is 0.202. The molecule has 0 radical (unpaired) electrons. The summed E-state index contributed by atoms with van der Waals surface area (Å²) >= 11 is 5.48. The Labute approximate surface area is 83.7 Å². The fourth-order valence-corrected chi connectivity index (χ4v) is 1.36. The van der Waals surface area contributed by atoms with E-state index in [1.165, 1.54) is 6.07 Å². The summed E-state index contributed by atoms with van der Waals surface area (Å²) in [4.78, 5) is 10.7. The molecule has 74 valence electrons. The van der Waals surface area contributed by atoms with E-state index in [1.54, 1.807) is 12.1 Å². The molecule has 2 aromatic rings. The Kier molecular flexibility index (Phi) is 2.31. The summed E-state index contributed by atoms with van der Waals surface area (Å²) in [5.41, 5.74) is 1.27. The van der Waals surface area contributed by atoms with Crippen LogP contribution < -0.4 is 5.82 Å². The van der Waals surface area contributed by atoms with E-state index in [9.17, 15) is 9.90 Å². The Hall–Kier alpha value is -1.26. The van der Waals surface area contributed by atoms with Crippen LogP contribution in [0, 0.1) is 0 Å². The summed E-state index contributed by atoms with van der Waals surface area (Å²) in [5, 5.41) is 9.41. The first-order chi connectivity index (χ1) is 6.70. The zero-order chi connectivity index (χ0) is 10.1. The van der Waals surface area contributed by atoms with E-state index >= 15 is 0 Å². The van der Waals surface area contributed by atoms with Crippen molar-refractivity contribution in [1.29, 1.82) is 0 Å². The average Bonchev–Trinajstić information content (AvgIpc) is 2.55. The monoisotopic (exact) mass is 214 g/mol. The first-order valence-corrected chi connectivity index (χ1v) is 4.52. The second kappa shape index (κ2) is 3.48. The second-order valence-electron chi connectivity index (χ2n) is 2.83. The zero-order valence-electron chi connectivity index (χ0n) is 7.07. The van der Waals surface area contributed by atoms with Crippen molar-refractivity contribution in [3.63, 3.8) is 0 Å². The normalized spacial score (nSPS) is 13.3. The van der Waals surface area contributed by atoms with Crippen LogP contribution in [0.1, 0.15) is 11.7 Å². The highest BCUT2D eigenvalue weighted by Crippen LogP contribution is 2.20. The van der Waals surface area contributed by atoms with Crippen molar-refractivity contribution >= 4 is 22.8 Å². The minimum atomic E-state index is -0.763. The SMILES string of the molecule is O=c1oc2ccc(C(O)CCl)cc2o1. The molecule has 0 bridgehead atoms. The number of fused-ring (bicyclic) bond motifs is 1. The molecule has 1 heterocycles. The maximum atomic E-state index is 10.7. The quantitative estimate of drug-likeness (QED) is 0.773. The predicted octanol–water partition coefficient (Wildman–Crippen LogP) is 1.66. The van der Waals surface area contributed by atoms with Gasteiger partial charge in [-0.25, -0.2) is 4.79 Å². The first kappa shape index (κ1) is 9.30. The Morgan fingerprint density at radius 3 is 2.79 bits per heavy atom. The Balaban J connectivity index is 2.55. The molecule has 0 aliphatic rings. The smallest absolute Gasteiger partial charge is 0.391 e. The third-order valence-electron chi connectivity index (χ3n) is 1.89. The van der Waals surface area contributed by atoms with Gasteiger partial charge in [0.2, 0.25) is 0 Å². The van der Waals surface area contributed by atoms with Crippen LogP contribution in [0.5, 0.6) is 0 Å². The van der Waals surface area contributed by atoms with Gasteiger partial charge in [-0.05, 0) is 17.7 Å². The average molecular weight is 215 g/mol. The third-order valence-corrected chi connectivity index (χ3v) is 2.18. The number of aliphatic hydroxyl groups is 1. The van der Waals surface area contributed by atoms with E-state index in [2.05, 4.69) is 0 Å². The molecule has 0 spiro atoms. The summed E-state index contributed by atoms with van der Waals surface area (Å²) in [6.45, 7) is 0. The highest BCUT2D eigenvalue weighted by Gasteiger charge is 2.09. The molecule has 1 atom stereocenters. The minimum Gasteiger partial charge on any atom is -0.391 e. The van der Waals surface area contributed by atoms with E-state index in [0.29, 0.717) is 16.7 Å². The number of hydrogen-bond acceptors (Lipinski definition) is 4. The highest BCUT2D eigenvalue weighted by molar-refractivity contribution is 6.18. The van der Waals surface area contributed by atoms with Crippen LogP contribution in [0.2, 0.25) is 0 Å². The third kappa shape index (κ3) is 1.54. The summed E-state index contributed by atoms with van der Waals surface area (Å²) in [6.07, 6.45) is -0.763. The number of hydrogen-bond donors (Lipinski definition) is 1. The van der Waals surface area contributed by atoms with E-state index in [-0.39, 0.29) is 5.88 Å². The fraction of sp³-hybridized carbons (Fsp3) is 0.222. The van der Waals surface area contributed by atoms with Gasteiger partial charge in [-0.3, -0.25) is 0 Å². The first-order valence-electron chi connectivity index (χ1n) is 3.98. The molecule has 5 heteroatoms. The molecule has 14 heavy (non-hydrogen) atoms. The van der Waals surface area contributed by atoms with Gasteiger partial charge < -0.3 is 13.9 Å². The molecule has 1 unspecified atom stereocenters. The summed E-state index contributed by atoms with van der Waals surface area (Å²) in [7, 11) is 0. The van der Waals surface area contributed by atoms with Gasteiger partial charge in [-0.1, -0.05) is 6.07 Å². The molecule has 0 aliphatic heterocycles. The standard InChI is InChI=1S/C9H7ClO4/c10-4-6(11)5-1-2-7-8(3-5)14-9(12)13-7/h1-3,6,11H,4H2. The van der Waals surface area contributed by atoms with E-state index < -0.39 is 11.9 Å². The largest absolute Gasteiger partial charge is 0.519 e. The van der Waals surface area contributed by atoms with Gasteiger partial charge in [-0.2, -0.15) is 0 Å². The molecular weight excluding hydrogens is 208 g/mol. The Bertz CT molecular complexity index is 499. The number of aliphatic hydroxyl groups excluding tert-OH is 1. The van der Waals surface area contributed by atoms with Gasteiger partial charge in [-0.15, -0.1) is 11.6 Å². The lowest BCUT2D eigenvalue weighted by Crippen LogP contribution is -1.97. The van der Waals surface area contributed by atoms with Crippen LogP contribution in [-0.2, 0) is 0 Å². The van der Waals surface area contributed by atoms with Gasteiger partial charge in [0, 0.05) is 0 Å². The molecule has 0 aliphatic carbocycles. The van der Waals surface area contributed by atoms with Gasteiger partial charge in [0.05, 0.1) is 12.0 Å². The summed E-state index contributed by atoms with van der Waals surface area (Å²) in [5.74, 6) is -0.661. The van der Waals surface area contributed by atoms with Crippen molar-refractivity contribution in [2.75, 3.05) is 5.88 Å². The molecular formula is C9H7ClO4. The topological polar surface area (TPSA) is 63.6 Å². The predicted molar refractivity (Wildman–Crippen MR) is 50.4 cm³/mol. The second-order valence-corrected chi connectivity index (χ2v) is 3.14. The molecule has 0 saturated carbocycles. The molecule has 1 aromatic carbocycles. The molecule has 2 rings (SSSR count). The van der Waals surface area contributed by atoms with Gasteiger partial charge in [0.1, 0.15) is 0 Å². The molecule has 0 amide bonds. The summed E-state index contributed by atoms with van der Waals surface area (Å²) < 4.78 is 9.43. The van der Waals surface area contributed by atoms with Crippen LogP contribution in [0.4, 0.5) is 0 Å². The maximum Gasteiger partial charge on any atom is 0.519 e. The van der Waals surface area contributed by atoms with Crippen molar-refractivity contribution in [2.24, 2.45) is 0 Å². The molecule has 1 N–H and O–H groups in total. The fourth-order valence-electron chi connectivity index (χ4n) is 1.19. The molecule has 0 fully saturated rings. The highest BCUT2D eigenvalue weighted by atomic mass is 35.5. The van der Waals surface area contributed by atoms with Crippen LogP contribution in [-0.4, -0.2) is 11.0 Å². The van der Waals surface area contributed by atoms with Crippen molar-refractivity contribution in [1.82, 2.24) is 0 Å². The minimum absolute atomic E-state index is 0.0909. The van der Waals surface area contributed by atoms with Crippen molar-refractivity contribution in [2.45, 2.75) is 6.10 Å². The van der Waals surface area contributed by atoms with E-state index in [0.717, 1.165) is 0 Å². The van der Waals surface area contributed by atoms with Crippen molar-refractivity contribution in [3.05, 3.63) is 34.4 Å². The van der Waals surface area contributed by atoms with Gasteiger partial charge in [0.15, 0.2) is 11.2 Å². The number of benzene rings is 1. The Morgan fingerprint density at radius 2 is 2.07 bits per heavy atom. The lowest BCUT2D eigenvalue weighted by Gasteiger charge is -2.04. The number of alkyl halides is 1. The van der Waals surface area contributed by atoms with E-state index in [1.807, 2.05) is 0 Å². The van der Waals surface area contributed by atoms with Gasteiger partial charge >= 0.3 is 5.82 Å². The van der Waals surface area contributed by atoms with Crippen molar-refractivity contribution in [3.8, 4) is 0 Å². The van der Waals surface area contributed by atoms with Crippen LogP contribution >= 0.6 is 11.6 Å². The number of rotatable bonds is 2. The zero-order valence-corrected chi connectivity index (χ0v) is 7.82. The van der Waals surface area contributed by atoms with E-state index in [4.69, 9.17) is 20.4 Å². The molecule has 4 nitrogen and oxygen atoms in total. The molecule has 1 aromatic heterocycles. The van der Waals surface area contributed by atoms with Crippen LogP contribution in [0.25, 0.3) is 11.2 Å².